The Balaban J connectivity index is 2.10. The van der Waals surface area contributed by atoms with E-state index in [0.29, 0.717) is 11.5 Å². The first-order chi connectivity index (χ1) is 9.72. The van der Waals surface area contributed by atoms with E-state index < -0.39 is 0 Å². The number of aromatic amines is 1. The van der Waals surface area contributed by atoms with E-state index in [1.165, 1.54) is 0 Å². The molecule has 0 radical (unpaired) electrons. The van der Waals surface area contributed by atoms with Crippen LogP contribution in [0.2, 0.25) is 0 Å². The van der Waals surface area contributed by atoms with Crippen molar-refractivity contribution < 1.29 is 9.47 Å². The molecule has 1 aromatic heterocycles. The highest BCUT2D eigenvalue weighted by atomic mass is 16.5. The molecule has 104 valence electrons. The van der Waals surface area contributed by atoms with Crippen molar-refractivity contribution in [1.82, 2.24) is 15.2 Å². The van der Waals surface area contributed by atoms with Crippen LogP contribution < -0.4 is 20.5 Å². The van der Waals surface area contributed by atoms with Crippen molar-refractivity contribution in [2.45, 2.75) is 0 Å². The monoisotopic (exact) mass is 275 g/mol. The van der Waals surface area contributed by atoms with Gasteiger partial charge in [0.15, 0.2) is 11.5 Å². The van der Waals surface area contributed by atoms with Crippen molar-refractivity contribution in [2.75, 3.05) is 19.6 Å². The van der Waals surface area contributed by atoms with Crippen LogP contribution in [0, 0.1) is 0 Å². The summed E-state index contributed by atoms with van der Waals surface area (Å²) >= 11 is 0. The van der Waals surface area contributed by atoms with Gasteiger partial charge in [-0.05, 0) is 23.8 Å². The molecule has 8 nitrogen and oxygen atoms in total. The lowest BCUT2D eigenvalue weighted by Gasteiger charge is -2.07. The van der Waals surface area contributed by atoms with Gasteiger partial charge in [-0.2, -0.15) is 5.10 Å². The molecular formula is C12H13N5O3. The largest absolute Gasteiger partial charge is 0.493 e. The van der Waals surface area contributed by atoms with Gasteiger partial charge in [0.1, 0.15) is 6.20 Å². The highest BCUT2D eigenvalue weighted by Crippen LogP contribution is 2.26. The lowest BCUT2D eigenvalue weighted by molar-refractivity contribution is 0.355. The van der Waals surface area contributed by atoms with Gasteiger partial charge in [-0.25, -0.2) is 5.43 Å². The van der Waals surface area contributed by atoms with E-state index in [-0.39, 0.29) is 11.5 Å². The first kappa shape index (κ1) is 13.5. The summed E-state index contributed by atoms with van der Waals surface area (Å²) in [6.07, 6.45) is 2.62. The smallest absolute Gasteiger partial charge is 0.271 e. The second-order valence-electron chi connectivity index (χ2n) is 3.67. The molecule has 0 unspecified atom stereocenters. The number of hydrazone groups is 1. The molecule has 2 aromatic rings. The summed E-state index contributed by atoms with van der Waals surface area (Å²) in [7, 11) is 3.12. The van der Waals surface area contributed by atoms with Gasteiger partial charge in [-0.1, -0.05) is 0 Å². The summed E-state index contributed by atoms with van der Waals surface area (Å²) in [5, 5.41) is 11.1. The number of aromatic nitrogens is 3. The van der Waals surface area contributed by atoms with Crippen LogP contribution in [0.3, 0.4) is 0 Å². The normalized spacial score (nSPS) is 10.5. The lowest BCUT2D eigenvalue weighted by Crippen LogP contribution is -2.10. The highest BCUT2D eigenvalue weighted by molar-refractivity contribution is 5.81. The zero-order valence-corrected chi connectivity index (χ0v) is 11.0. The van der Waals surface area contributed by atoms with Crippen LogP contribution in [-0.2, 0) is 0 Å². The highest BCUT2D eigenvalue weighted by Gasteiger charge is 2.02. The molecule has 0 saturated carbocycles. The lowest BCUT2D eigenvalue weighted by atomic mass is 10.2. The van der Waals surface area contributed by atoms with E-state index in [2.05, 4.69) is 25.7 Å². The predicted molar refractivity (Wildman–Crippen MR) is 73.4 cm³/mol. The molecule has 0 fully saturated rings. The number of nitrogens with zero attached hydrogens (tertiary/aromatic N) is 3. The zero-order valence-electron chi connectivity index (χ0n) is 11.0. The second-order valence-corrected chi connectivity index (χ2v) is 3.67. The molecule has 8 heteroatoms. The summed E-state index contributed by atoms with van der Waals surface area (Å²) < 4.78 is 10.3. The molecule has 1 aromatic carbocycles. The number of methoxy groups -OCH3 is 2. The van der Waals surface area contributed by atoms with Crippen molar-refractivity contribution in [1.29, 1.82) is 0 Å². The summed E-state index contributed by atoms with van der Waals surface area (Å²) in [5.74, 6) is 1.40. The number of rotatable bonds is 5. The molecule has 0 atom stereocenters. The standard InChI is InChI=1S/C12H13N5O3/c1-19-9-4-3-8(5-10(9)20-2)6-13-16-12-15-11(18)7-14-17-12/h3-7H,1-2H3,(H2,15,16,17,18). The molecule has 0 amide bonds. The third-order valence-corrected chi connectivity index (χ3v) is 2.37. The van der Waals surface area contributed by atoms with Crippen LogP contribution in [0.15, 0.2) is 34.3 Å². The van der Waals surface area contributed by atoms with Gasteiger partial charge in [0.25, 0.3) is 5.56 Å². The third-order valence-electron chi connectivity index (χ3n) is 2.37. The maximum atomic E-state index is 11.0. The topological polar surface area (TPSA) is 101 Å². The van der Waals surface area contributed by atoms with E-state index in [0.717, 1.165) is 11.8 Å². The van der Waals surface area contributed by atoms with Gasteiger partial charge in [0.05, 0.1) is 20.4 Å². The Morgan fingerprint density at radius 2 is 2.10 bits per heavy atom. The molecule has 0 bridgehead atoms. The van der Waals surface area contributed by atoms with E-state index in [9.17, 15) is 4.79 Å². The fraction of sp³-hybridized carbons (Fsp3) is 0.167. The number of anilines is 1. The van der Waals surface area contributed by atoms with Crippen molar-refractivity contribution in [2.24, 2.45) is 5.10 Å². The van der Waals surface area contributed by atoms with Crippen molar-refractivity contribution in [3.8, 4) is 11.5 Å². The average Bonchev–Trinajstić information content (AvgIpc) is 2.47. The maximum absolute atomic E-state index is 11.0. The van der Waals surface area contributed by atoms with Crippen LogP contribution in [0.4, 0.5) is 5.95 Å². The van der Waals surface area contributed by atoms with E-state index in [4.69, 9.17) is 9.47 Å². The molecule has 0 saturated heterocycles. The number of benzene rings is 1. The summed E-state index contributed by atoms with van der Waals surface area (Å²) in [6.45, 7) is 0. The second kappa shape index (κ2) is 6.32. The molecule has 1 heterocycles. The Labute approximate surface area is 114 Å². The van der Waals surface area contributed by atoms with E-state index in [1.54, 1.807) is 32.6 Å². The van der Waals surface area contributed by atoms with Crippen LogP contribution in [0.1, 0.15) is 5.56 Å². The Bertz CT molecular complexity index is 668. The average molecular weight is 275 g/mol. The van der Waals surface area contributed by atoms with Gasteiger partial charge < -0.3 is 9.47 Å². The van der Waals surface area contributed by atoms with Gasteiger partial charge in [0.2, 0.25) is 5.95 Å². The summed E-state index contributed by atoms with van der Waals surface area (Å²) in [6, 6.07) is 5.35. The SMILES string of the molecule is COc1ccc(C=NNc2nncc(=O)[nH]2)cc1OC. The molecule has 0 aliphatic rings. The van der Waals surface area contributed by atoms with Crippen molar-refractivity contribution >= 4 is 12.2 Å². The first-order valence-electron chi connectivity index (χ1n) is 5.66. The maximum Gasteiger partial charge on any atom is 0.271 e. The molecule has 2 rings (SSSR count). The number of ether oxygens (including phenoxy) is 2. The molecular weight excluding hydrogens is 262 g/mol. The Hall–Kier alpha value is -2.90. The van der Waals surface area contributed by atoms with Crippen molar-refractivity contribution in [3.05, 3.63) is 40.3 Å². The molecule has 2 N–H and O–H groups in total. The molecule has 20 heavy (non-hydrogen) atoms. The number of H-pyrrole nitrogens is 1. The van der Waals surface area contributed by atoms with Crippen LogP contribution in [0.5, 0.6) is 11.5 Å². The van der Waals surface area contributed by atoms with Gasteiger partial charge in [-0.15, -0.1) is 10.2 Å². The minimum atomic E-state index is -0.358. The fourth-order valence-electron chi connectivity index (χ4n) is 1.46. The van der Waals surface area contributed by atoms with E-state index in [1.807, 2.05) is 6.07 Å². The quantitative estimate of drug-likeness (QED) is 0.613. The molecule has 0 aliphatic heterocycles. The number of nitrogens with one attached hydrogen (secondary N) is 2. The van der Waals surface area contributed by atoms with Gasteiger partial charge in [0, 0.05) is 0 Å². The fourth-order valence-corrected chi connectivity index (χ4v) is 1.46. The minimum absolute atomic E-state index is 0.161. The van der Waals surface area contributed by atoms with Crippen LogP contribution >= 0.6 is 0 Å². The predicted octanol–water partition coefficient (Wildman–Crippen LogP) is 0.628. The Kier molecular flexibility index (Phi) is 4.28. The van der Waals surface area contributed by atoms with Gasteiger partial charge >= 0.3 is 0 Å². The summed E-state index contributed by atoms with van der Waals surface area (Å²) in [5.41, 5.74) is 3.00. The number of hydrogen-bond donors (Lipinski definition) is 2. The van der Waals surface area contributed by atoms with Gasteiger partial charge in [-0.3, -0.25) is 9.78 Å². The summed E-state index contributed by atoms with van der Waals surface area (Å²) in [4.78, 5) is 13.4. The minimum Gasteiger partial charge on any atom is -0.493 e. The van der Waals surface area contributed by atoms with E-state index >= 15 is 0 Å². The van der Waals surface area contributed by atoms with Crippen LogP contribution in [0.25, 0.3) is 0 Å². The first-order valence-corrected chi connectivity index (χ1v) is 5.66. The molecule has 0 aliphatic carbocycles. The van der Waals surface area contributed by atoms with Crippen molar-refractivity contribution in [3.63, 3.8) is 0 Å². The zero-order chi connectivity index (χ0) is 14.4. The molecule has 0 spiro atoms. The van der Waals surface area contributed by atoms with Crippen LogP contribution in [-0.4, -0.2) is 35.6 Å². The Morgan fingerprint density at radius 1 is 1.30 bits per heavy atom. The Morgan fingerprint density at radius 3 is 2.80 bits per heavy atom. The number of hydrogen-bond acceptors (Lipinski definition) is 7. The third kappa shape index (κ3) is 3.31.